The smallest absolute Gasteiger partial charge is 0.418 e. The number of hydrogen-bond acceptors (Lipinski definition) is 3. The molecule has 0 N–H and O–H groups in total. The molecule has 4 nitrogen and oxygen atoms in total. The number of carbonyl (C=O) groups is 1. The van der Waals surface area contributed by atoms with Gasteiger partial charge in [-0.05, 0) is 38.7 Å². The van der Waals surface area contributed by atoms with Gasteiger partial charge in [-0.2, -0.15) is 0 Å². The Labute approximate surface area is 103 Å². The maximum Gasteiger partial charge on any atom is 0.418 e. The van der Waals surface area contributed by atoms with Crippen molar-refractivity contribution in [2.24, 2.45) is 0 Å². The topological polar surface area (TPSA) is 40.5 Å². The van der Waals surface area contributed by atoms with Crippen LogP contribution in [0.3, 0.4) is 0 Å². The summed E-state index contributed by atoms with van der Waals surface area (Å²) in [5.41, 5.74) is 0.644. The van der Waals surface area contributed by atoms with Crippen LogP contribution in [0.2, 0.25) is 19.6 Å². The molecule has 0 saturated carbocycles. The Morgan fingerprint density at radius 2 is 2.12 bits per heavy atom. The lowest BCUT2D eigenvalue weighted by atomic mass is 10.4. The van der Waals surface area contributed by atoms with Crippen LogP contribution in [0, 0.1) is 0 Å². The molecule has 0 radical (unpaired) electrons. The zero-order chi connectivity index (χ0) is 13.1. The van der Waals surface area contributed by atoms with Crippen LogP contribution in [-0.4, -0.2) is 25.6 Å². The molecule has 5 heteroatoms. The Balaban J connectivity index is 2.89. The van der Waals surface area contributed by atoms with E-state index in [4.69, 9.17) is 9.16 Å². The van der Waals surface area contributed by atoms with Crippen LogP contribution < -0.4 is 0 Å². The van der Waals surface area contributed by atoms with Crippen molar-refractivity contribution >= 4 is 20.2 Å². The van der Waals surface area contributed by atoms with Gasteiger partial charge in [-0.15, -0.1) is 0 Å². The van der Waals surface area contributed by atoms with Crippen molar-refractivity contribution in [3.05, 3.63) is 30.6 Å². The highest BCUT2D eigenvalue weighted by Gasteiger charge is 2.20. The highest BCUT2D eigenvalue weighted by Crippen LogP contribution is 2.20. The standard InChI is InChI=1S/C12H19NO3Si/c1-6-15-12(14)13-9-7-8-11(13)10(2)16-17(3,4)5/h7-9H,2,6H2,1,3-5H3. The number of ether oxygens (including phenoxy) is 1. The summed E-state index contributed by atoms with van der Waals surface area (Å²) in [5, 5.41) is 0. The summed E-state index contributed by atoms with van der Waals surface area (Å²) < 4.78 is 12.1. The third-order valence-electron chi connectivity index (χ3n) is 1.93. The van der Waals surface area contributed by atoms with Crippen molar-refractivity contribution in [3.63, 3.8) is 0 Å². The molecular weight excluding hydrogens is 234 g/mol. The first-order valence-electron chi connectivity index (χ1n) is 5.58. The first-order chi connectivity index (χ1) is 7.85. The molecule has 0 atom stereocenters. The van der Waals surface area contributed by atoms with Crippen molar-refractivity contribution in [1.82, 2.24) is 4.57 Å². The molecule has 0 aromatic carbocycles. The maximum absolute atomic E-state index is 11.7. The van der Waals surface area contributed by atoms with Crippen molar-refractivity contribution in [3.8, 4) is 0 Å². The Morgan fingerprint density at radius 1 is 1.47 bits per heavy atom. The van der Waals surface area contributed by atoms with E-state index in [9.17, 15) is 4.79 Å². The van der Waals surface area contributed by atoms with E-state index < -0.39 is 14.4 Å². The average molecular weight is 253 g/mol. The number of carbonyl (C=O) groups excluding carboxylic acids is 1. The second-order valence-corrected chi connectivity index (χ2v) is 9.03. The van der Waals surface area contributed by atoms with E-state index in [1.807, 2.05) is 0 Å². The van der Waals surface area contributed by atoms with Crippen LogP contribution in [0.25, 0.3) is 5.76 Å². The molecule has 0 saturated heterocycles. The van der Waals surface area contributed by atoms with Crippen LogP contribution in [0.1, 0.15) is 12.6 Å². The van der Waals surface area contributed by atoms with Crippen molar-refractivity contribution < 1.29 is 14.0 Å². The molecule has 0 unspecified atom stereocenters. The van der Waals surface area contributed by atoms with Gasteiger partial charge in [-0.1, -0.05) is 6.58 Å². The Kier molecular flexibility index (Phi) is 4.17. The summed E-state index contributed by atoms with van der Waals surface area (Å²) in [7, 11) is -1.72. The van der Waals surface area contributed by atoms with Crippen molar-refractivity contribution in [1.29, 1.82) is 0 Å². The monoisotopic (exact) mass is 253 g/mol. The summed E-state index contributed by atoms with van der Waals surface area (Å²) in [6, 6.07) is 3.56. The molecule has 1 aromatic rings. The molecule has 1 heterocycles. The number of hydrogen-bond donors (Lipinski definition) is 0. The molecule has 0 spiro atoms. The molecule has 0 aliphatic carbocycles. The molecule has 17 heavy (non-hydrogen) atoms. The number of nitrogens with zero attached hydrogens (tertiary/aromatic N) is 1. The Hall–Kier alpha value is -1.49. The van der Waals surface area contributed by atoms with Gasteiger partial charge >= 0.3 is 6.09 Å². The number of aromatic nitrogens is 1. The lowest BCUT2D eigenvalue weighted by Gasteiger charge is -2.21. The van der Waals surface area contributed by atoms with Gasteiger partial charge in [-0.25, -0.2) is 9.36 Å². The Bertz CT molecular complexity index is 418. The predicted octanol–water partition coefficient (Wildman–Crippen LogP) is 3.31. The number of rotatable bonds is 4. The minimum Gasteiger partial charge on any atom is -0.543 e. The lowest BCUT2D eigenvalue weighted by Crippen LogP contribution is -2.25. The van der Waals surface area contributed by atoms with E-state index in [0.29, 0.717) is 18.1 Å². The first-order valence-corrected chi connectivity index (χ1v) is 8.98. The first kappa shape index (κ1) is 13.6. The molecule has 1 rings (SSSR count). The molecule has 1 aromatic heterocycles. The quantitative estimate of drug-likeness (QED) is 0.610. The summed E-state index contributed by atoms with van der Waals surface area (Å²) in [5.74, 6) is 0.516. The van der Waals surface area contributed by atoms with E-state index in [1.54, 1.807) is 25.3 Å². The van der Waals surface area contributed by atoms with Gasteiger partial charge < -0.3 is 9.16 Å². The van der Waals surface area contributed by atoms with E-state index in [0.717, 1.165) is 0 Å². The van der Waals surface area contributed by atoms with Gasteiger partial charge in [0, 0.05) is 6.20 Å². The highest BCUT2D eigenvalue weighted by molar-refractivity contribution is 6.70. The normalized spacial score (nSPS) is 11.1. The third kappa shape index (κ3) is 3.78. The van der Waals surface area contributed by atoms with Gasteiger partial charge in [0.05, 0.1) is 12.3 Å². The lowest BCUT2D eigenvalue weighted by molar-refractivity contribution is 0.153. The van der Waals surface area contributed by atoms with E-state index in [2.05, 4.69) is 26.2 Å². The van der Waals surface area contributed by atoms with Crippen LogP contribution in [0.5, 0.6) is 0 Å². The van der Waals surface area contributed by atoms with Gasteiger partial charge in [0.1, 0.15) is 5.76 Å². The van der Waals surface area contributed by atoms with Gasteiger partial charge in [0.2, 0.25) is 8.32 Å². The zero-order valence-corrected chi connectivity index (χ0v) is 11.8. The van der Waals surface area contributed by atoms with Gasteiger partial charge in [0.25, 0.3) is 0 Å². The van der Waals surface area contributed by atoms with Gasteiger partial charge in [0.15, 0.2) is 0 Å². The maximum atomic E-state index is 11.7. The van der Waals surface area contributed by atoms with Crippen molar-refractivity contribution in [2.75, 3.05) is 6.61 Å². The fraction of sp³-hybridized carbons (Fsp3) is 0.417. The summed E-state index contributed by atoms with van der Waals surface area (Å²) >= 11 is 0. The van der Waals surface area contributed by atoms with Gasteiger partial charge in [-0.3, -0.25) is 0 Å². The van der Waals surface area contributed by atoms with E-state index >= 15 is 0 Å². The third-order valence-corrected chi connectivity index (χ3v) is 2.79. The van der Waals surface area contributed by atoms with Crippen LogP contribution in [-0.2, 0) is 9.16 Å². The minimum absolute atomic E-state index is 0.345. The summed E-state index contributed by atoms with van der Waals surface area (Å²) in [6.07, 6.45) is 1.24. The molecular formula is C12H19NO3Si. The van der Waals surface area contributed by atoms with Crippen LogP contribution >= 0.6 is 0 Å². The minimum atomic E-state index is -1.72. The van der Waals surface area contributed by atoms with E-state index in [-0.39, 0.29) is 0 Å². The Morgan fingerprint density at radius 3 is 2.65 bits per heavy atom. The second-order valence-electron chi connectivity index (χ2n) is 4.60. The molecule has 94 valence electrons. The van der Waals surface area contributed by atoms with Crippen LogP contribution in [0.4, 0.5) is 4.79 Å². The second kappa shape index (κ2) is 5.22. The summed E-state index contributed by atoms with van der Waals surface area (Å²) in [6.45, 7) is 12.2. The molecule has 0 aliphatic heterocycles. The van der Waals surface area contributed by atoms with E-state index in [1.165, 1.54) is 4.57 Å². The molecule has 0 bridgehead atoms. The predicted molar refractivity (Wildman–Crippen MR) is 70.3 cm³/mol. The molecule has 0 fully saturated rings. The fourth-order valence-corrected chi connectivity index (χ4v) is 2.23. The molecule has 0 aliphatic rings. The molecule has 0 amide bonds. The highest BCUT2D eigenvalue weighted by atomic mass is 28.4. The van der Waals surface area contributed by atoms with Crippen molar-refractivity contribution in [2.45, 2.75) is 26.6 Å². The fourth-order valence-electron chi connectivity index (χ4n) is 1.38. The average Bonchev–Trinajstić information content (AvgIpc) is 2.63. The van der Waals surface area contributed by atoms with Crippen LogP contribution in [0.15, 0.2) is 24.9 Å². The zero-order valence-electron chi connectivity index (χ0n) is 10.8. The SMILES string of the molecule is C=C(O[Si](C)(C)C)c1cccn1C(=O)OCC. The largest absolute Gasteiger partial charge is 0.543 e. The summed E-state index contributed by atoms with van der Waals surface area (Å²) in [4.78, 5) is 11.7.